The van der Waals surface area contributed by atoms with E-state index in [9.17, 15) is 14.9 Å². The number of rotatable bonds is 5. The molecule has 1 aromatic carbocycles. The number of nitro groups is 1. The van der Waals surface area contributed by atoms with Crippen molar-refractivity contribution in [2.45, 2.75) is 6.54 Å². The van der Waals surface area contributed by atoms with Crippen molar-refractivity contribution < 1.29 is 14.8 Å². The summed E-state index contributed by atoms with van der Waals surface area (Å²) in [5.41, 5.74) is 0.710. The SMILES string of the molecule is O=C(O)c1cc(NCc2ccncc2)ccc1[N+](=O)[O-]. The molecule has 0 spiro atoms. The maximum absolute atomic E-state index is 11.0. The molecule has 0 unspecified atom stereocenters. The highest BCUT2D eigenvalue weighted by molar-refractivity contribution is 5.93. The fraction of sp³-hybridized carbons (Fsp3) is 0.0769. The monoisotopic (exact) mass is 273 g/mol. The zero-order valence-electron chi connectivity index (χ0n) is 10.3. The van der Waals surface area contributed by atoms with Crippen molar-refractivity contribution in [3.8, 4) is 0 Å². The Morgan fingerprint density at radius 2 is 2.00 bits per heavy atom. The first-order valence-electron chi connectivity index (χ1n) is 5.72. The molecule has 2 N–H and O–H groups in total. The largest absolute Gasteiger partial charge is 0.477 e. The van der Waals surface area contributed by atoms with Gasteiger partial charge in [0.25, 0.3) is 5.69 Å². The van der Waals surface area contributed by atoms with Gasteiger partial charge in [-0.05, 0) is 29.8 Å². The summed E-state index contributed by atoms with van der Waals surface area (Å²) in [5, 5.41) is 22.7. The molecule has 2 rings (SSSR count). The minimum absolute atomic E-state index is 0.338. The van der Waals surface area contributed by atoms with Crippen LogP contribution in [0.2, 0.25) is 0 Å². The molecule has 0 aliphatic heterocycles. The fourth-order valence-corrected chi connectivity index (χ4v) is 1.68. The van der Waals surface area contributed by atoms with Crippen LogP contribution < -0.4 is 5.32 Å². The predicted octanol–water partition coefficient (Wildman–Crippen LogP) is 2.30. The van der Waals surface area contributed by atoms with E-state index >= 15 is 0 Å². The van der Waals surface area contributed by atoms with E-state index in [0.29, 0.717) is 12.2 Å². The highest BCUT2D eigenvalue weighted by Crippen LogP contribution is 2.23. The van der Waals surface area contributed by atoms with E-state index in [4.69, 9.17) is 5.11 Å². The number of nitrogens with one attached hydrogen (secondary N) is 1. The van der Waals surface area contributed by atoms with Crippen LogP contribution in [-0.2, 0) is 6.54 Å². The highest BCUT2D eigenvalue weighted by atomic mass is 16.6. The Hall–Kier alpha value is -2.96. The molecule has 0 radical (unpaired) electrons. The van der Waals surface area contributed by atoms with Gasteiger partial charge in [0.2, 0.25) is 0 Å². The molecule has 7 nitrogen and oxygen atoms in total. The molecule has 0 amide bonds. The van der Waals surface area contributed by atoms with Crippen molar-refractivity contribution >= 4 is 17.3 Å². The third-order valence-corrected chi connectivity index (χ3v) is 2.67. The fourth-order valence-electron chi connectivity index (χ4n) is 1.68. The summed E-state index contributed by atoms with van der Waals surface area (Å²) in [7, 11) is 0. The van der Waals surface area contributed by atoms with E-state index < -0.39 is 16.6 Å². The number of hydrogen-bond acceptors (Lipinski definition) is 5. The Kier molecular flexibility index (Phi) is 3.90. The number of nitrogens with zero attached hydrogens (tertiary/aromatic N) is 2. The molecule has 0 aliphatic carbocycles. The lowest BCUT2D eigenvalue weighted by atomic mass is 10.1. The topological polar surface area (TPSA) is 105 Å². The molecule has 0 aliphatic rings. The molecular formula is C13H11N3O4. The molecular weight excluding hydrogens is 262 g/mol. The van der Waals surface area contributed by atoms with E-state index in [0.717, 1.165) is 5.56 Å². The number of aromatic carboxylic acids is 1. The Labute approximate surface area is 114 Å². The first-order chi connectivity index (χ1) is 9.58. The van der Waals surface area contributed by atoms with Crippen molar-refractivity contribution in [1.29, 1.82) is 0 Å². The van der Waals surface area contributed by atoms with Crippen molar-refractivity contribution in [2.24, 2.45) is 0 Å². The smallest absolute Gasteiger partial charge is 0.342 e. The second-order valence-corrected chi connectivity index (χ2v) is 4.00. The number of carboxylic acids is 1. The van der Waals surface area contributed by atoms with Crippen LogP contribution in [-0.4, -0.2) is 21.0 Å². The van der Waals surface area contributed by atoms with E-state index in [1.165, 1.54) is 18.2 Å². The van der Waals surface area contributed by atoms with Crippen LogP contribution in [0.3, 0.4) is 0 Å². The molecule has 0 atom stereocenters. The third-order valence-electron chi connectivity index (χ3n) is 2.67. The second-order valence-electron chi connectivity index (χ2n) is 4.00. The molecule has 0 bridgehead atoms. The van der Waals surface area contributed by atoms with E-state index in [-0.39, 0.29) is 5.56 Å². The van der Waals surface area contributed by atoms with Gasteiger partial charge in [0.05, 0.1) is 4.92 Å². The molecule has 0 saturated heterocycles. The zero-order chi connectivity index (χ0) is 14.5. The molecule has 0 saturated carbocycles. The number of aromatic nitrogens is 1. The number of benzene rings is 1. The van der Waals surface area contributed by atoms with E-state index in [1.807, 2.05) is 12.1 Å². The molecule has 20 heavy (non-hydrogen) atoms. The molecule has 7 heteroatoms. The van der Waals surface area contributed by atoms with Crippen LogP contribution >= 0.6 is 0 Å². The van der Waals surface area contributed by atoms with Crippen LogP contribution in [0, 0.1) is 10.1 Å². The average Bonchev–Trinajstić information content (AvgIpc) is 2.45. The summed E-state index contributed by atoms with van der Waals surface area (Å²) in [6.07, 6.45) is 3.30. The van der Waals surface area contributed by atoms with Crippen LogP contribution in [0.25, 0.3) is 0 Å². The lowest BCUT2D eigenvalue weighted by Crippen LogP contribution is -2.05. The van der Waals surface area contributed by atoms with Crippen molar-refractivity contribution in [2.75, 3.05) is 5.32 Å². The average molecular weight is 273 g/mol. The van der Waals surface area contributed by atoms with Gasteiger partial charge in [0.15, 0.2) is 0 Å². The van der Waals surface area contributed by atoms with Crippen molar-refractivity contribution in [1.82, 2.24) is 4.98 Å². The Morgan fingerprint density at radius 3 is 2.60 bits per heavy atom. The van der Waals surface area contributed by atoms with Crippen molar-refractivity contribution in [3.63, 3.8) is 0 Å². The lowest BCUT2D eigenvalue weighted by molar-refractivity contribution is -0.385. The van der Waals surface area contributed by atoms with Crippen LogP contribution in [0.5, 0.6) is 0 Å². The first kappa shape index (κ1) is 13.5. The third kappa shape index (κ3) is 3.08. The molecule has 1 heterocycles. The summed E-state index contributed by atoms with van der Waals surface area (Å²) in [4.78, 5) is 24.9. The summed E-state index contributed by atoms with van der Waals surface area (Å²) in [5.74, 6) is -1.33. The number of pyridine rings is 1. The number of carbonyl (C=O) groups is 1. The van der Waals surface area contributed by atoms with Crippen LogP contribution in [0.1, 0.15) is 15.9 Å². The second kappa shape index (κ2) is 5.79. The zero-order valence-corrected chi connectivity index (χ0v) is 10.3. The van der Waals surface area contributed by atoms with E-state index in [1.54, 1.807) is 12.4 Å². The number of carboxylic acid groups (broad SMARTS) is 1. The van der Waals surface area contributed by atoms with Gasteiger partial charge >= 0.3 is 5.97 Å². The molecule has 0 fully saturated rings. The molecule has 2 aromatic rings. The minimum atomic E-state index is -1.33. The van der Waals surface area contributed by atoms with Crippen molar-refractivity contribution in [3.05, 3.63) is 64.0 Å². The summed E-state index contributed by atoms with van der Waals surface area (Å²) in [6, 6.07) is 7.54. The molecule has 1 aromatic heterocycles. The maximum Gasteiger partial charge on any atom is 0.342 e. The quantitative estimate of drug-likeness (QED) is 0.639. The molecule has 102 valence electrons. The first-order valence-corrected chi connectivity index (χ1v) is 5.72. The number of hydrogen-bond donors (Lipinski definition) is 2. The van der Waals surface area contributed by atoms with Gasteiger partial charge in [-0.3, -0.25) is 15.1 Å². The van der Waals surface area contributed by atoms with Crippen LogP contribution in [0.4, 0.5) is 11.4 Å². The van der Waals surface area contributed by atoms with Gasteiger partial charge < -0.3 is 10.4 Å². The predicted molar refractivity (Wildman–Crippen MR) is 71.6 cm³/mol. The number of nitro benzene ring substituents is 1. The van der Waals surface area contributed by atoms with Gasteiger partial charge in [0.1, 0.15) is 5.56 Å². The normalized spacial score (nSPS) is 10.0. The van der Waals surface area contributed by atoms with E-state index in [2.05, 4.69) is 10.3 Å². The standard InChI is InChI=1S/C13H11N3O4/c17-13(18)11-7-10(1-2-12(11)16(19)20)15-8-9-3-5-14-6-4-9/h1-7,15H,8H2,(H,17,18). The van der Waals surface area contributed by atoms with Crippen LogP contribution in [0.15, 0.2) is 42.7 Å². The maximum atomic E-state index is 11.0. The summed E-state index contributed by atoms with van der Waals surface area (Å²) < 4.78 is 0. The Bertz CT molecular complexity index is 643. The summed E-state index contributed by atoms with van der Waals surface area (Å²) >= 11 is 0. The highest BCUT2D eigenvalue weighted by Gasteiger charge is 2.19. The lowest BCUT2D eigenvalue weighted by Gasteiger charge is -2.07. The van der Waals surface area contributed by atoms with Gasteiger partial charge in [-0.2, -0.15) is 0 Å². The summed E-state index contributed by atoms with van der Waals surface area (Å²) in [6.45, 7) is 0.472. The van der Waals surface area contributed by atoms with Gasteiger partial charge in [-0.1, -0.05) is 0 Å². The van der Waals surface area contributed by atoms with Gasteiger partial charge in [-0.25, -0.2) is 4.79 Å². The van der Waals surface area contributed by atoms with Gasteiger partial charge in [-0.15, -0.1) is 0 Å². The van der Waals surface area contributed by atoms with Gasteiger partial charge in [0, 0.05) is 30.7 Å². The Morgan fingerprint density at radius 1 is 1.30 bits per heavy atom. The minimum Gasteiger partial charge on any atom is -0.477 e. The number of anilines is 1. The Balaban J connectivity index is 2.19.